The number of anilines is 2. The Balaban J connectivity index is 1.73. The molecular formula is C40H55N11O19. The number of aliphatic hydroxyl groups is 8. The number of benzene rings is 1. The molecule has 11 atom stereocenters. The summed E-state index contributed by atoms with van der Waals surface area (Å²) in [6, 6.07) is -3.60. The van der Waals surface area contributed by atoms with E-state index in [1.807, 2.05) is 16.0 Å². The van der Waals surface area contributed by atoms with Crippen molar-refractivity contribution >= 4 is 70.1 Å². The van der Waals surface area contributed by atoms with Crippen LogP contribution in [0.1, 0.15) is 55.6 Å². The van der Waals surface area contributed by atoms with E-state index in [0.29, 0.717) is 11.4 Å². The smallest absolute Gasteiger partial charge is 0.305 e. The summed E-state index contributed by atoms with van der Waals surface area (Å²) in [6.07, 6.45) is -15.8. The quantitative estimate of drug-likeness (QED) is 0.0321. The molecule has 2 aromatic heterocycles. The molecule has 70 heavy (non-hydrogen) atoms. The zero-order chi connectivity index (χ0) is 52.6. The molecule has 0 spiro atoms. The van der Waals surface area contributed by atoms with Gasteiger partial charge in [0, 0.05) is 23.7 Å². The van der Waals surface area contributed by atoms with Crippen LogP contribution in [-0.4, -0.2) is 198 Å². The van der Waals surface area contributed by atoms with Crippen molar-refractivity contribution < 1.29 is 89.4 Å². The van der Waals surface area contributed by atoms with Crippen molar-refractivity contribution in [2.75, 3.05) is 24.3 Å². The third-order valence-corrected chi connectivity index (χ3v) is 10.2. The Morgan fingerprint density at radius 3 is 1.76 bits per heavy atom. The molecule has 0 aliphatic carbocycles. The summed E-state index contributed by atoms with van der Waals surface area (Å²) in [6.45, 7) is 0.122. The van der Waals surface area contributed by atoms with Gasteiger partial charge in [0.15, 0.2) is 16.9 Å². The van der Waals surface area contributed by atoms with Gasteiger partial charge in [0.1, 0.15) is 54.7 Å². The highest BCUT2D eigenvalue weighted by molar-refractivity contribution is 5.98. The maximum atomic E-state index is 13.7. The number of nitrogens with one attached hydrogen (secondary N) is 7. The highest BCUT2D eigenvalue weighted by Gasteiger charge is 2.42. The van der Waals surface area contributed by atoms with Gasteiger partial charge < -0.3 is 88.7 Å². The fourth-order valence-corrected chi connectivity index (χ4v) is 6.27. The number of nitrogen functional groups attached to an aromatic ring is 1. The van der Waals surface area contributed by atoms with E-state index < -0.39 is 152 Å². The molecule has 30 heteroatoms. The van der Waals surface area contributed by atoms with Crippen molar-refractivity contribution in [1.29, 1.82) is 0 Å². The van der Waals surface area contributed by atoms with Gasteiger partial charge in [0.2, 0.25) is 29.6 Å². The van der Waals surface area contributed by atoms with Crippen molar-refractivity contribution in [3.8, 4) is 0 Å². The van der Waals surface area contributed by atoms with Crippen LogP contribution in [0.3, 0.4) is 0 Å². The second-order valence-corrected chi connectivity index (χ2v) is 15.8. The van der Waals surface area contributed by atoms with Crippen LogP contribution >= 0.6 is 0 Å². The van der Waals surface area contributed by atoms with E-state index in [9.17, 15) is 89.1 Å². The number of H-pyrrole nitrogens is 1. The van der Waals surface area contributed by atoms with Crippen molar-refractivity contribution in [2.45, 2.75) is 113 Å². The van der Waals surface area contributed by atoms with Gasteiger partial charge in [0.25, 0.3) is 11.5 Å². The van der Waals surface area contributed by atoms with Crippen LogP contribution in [0, 0.1) is 0 Å². The Hall–Kier alpha value is -7.32. The van der Waals surface area contributed by atoms with Gasteiger partial charge in [-0.3, -0.25) is 48.1 Å². The molecule has 0 bridgehead atoms. The largest absolute Gasteiger partial charge is 0.481 e. The predicted octanol–water partition coefficient (Wildman–Crippen LogP) is -7.57. The van der Waals surface area contributed by atoms with Gasteiger partial charge in [-0.15, -0.1) is 0 Å². The summed E-state index contributed by atoms with van der Waals surface area (Å²) in [5, 5.41) is 113. The third kappa shape index (κ3) is 16.7. The lowest BCUT2D eigenvalue weighted by Gasteiger charge is -2.32. The average Bonchev–Trinajstić information content (AvgIpc) is 3.31. The number of carbonyl (C=O) groups is 8. The first-order chi connectivity index (χ1) is 32.9. The Bertz CT molecular complexity index is 2410. The molecule has 30 nitrogen and oxygen atoms in total. The van der Waals surface area contributed by atoms with Crippen LogP contribution in [0.25, 0.3) is 11.2 Å². The molecule has 2 heterocycles. The summed E-state index contributed by atoms with van der Waals surface area (Å²) in [5.41, 5.74) is 6.14. The van der Waals surface area contributed by atoms with Crippen LogP contribution < -0.4 is 43.2 Å². The lowest BCUT2D eigenvalue weighted by molar-refractivity contribution is -0.146. The molecule has 0 saturated carbocycles. The molecule has 0 aliphatic heterocycles. The number of aromatic amines is 1. The topological polar surface area (TPSA) is 509 Å². The average molecular weight is 994 g/mol. The van der Waals surface area contributed by atoms with E-state index in [-0.39, 0.29) is 35.6 Å². The van der Waals surface area contributed by atoms with E-state index in [2.05, 4.69) is 35.9 Å². The molecule has 19 N–H and O–H groups in total. The minimum Gasteiger partial charge on any atom is -0.481 e. The number of ketones is 1. The first-order valence-electron chi connectivity index (χ1n) is 21.0. The molecule has 1 aromatic carbocycles. The van der Waals surface area contributed by atoms with E-state index in [1.54, 1.807) is 12.1 Å². The van der Waals surface area contributed by atoms with Crippen LogP contribution in [0.4, 0.5) is 11.6 Å². The highest BCUT2D eigenvalue weighted by atomic mass is 16.4. The van der Waals surface area contributed by atoms with E-state index in [1.165, 1.54) is 25.3 Å². The summed E-state index contributed by atoms with van der Waals surface area (Å²) in [7, 11) is 0. The fraction of sp³-hybridized carbons (Fsp3) is 0.500. The number of nitrogens with zero attached hydrogens (tertiary/aromatic N) is 3. The number of hydrogen-bond acceptors (Lipinski definition) is 22. The standard InChI is InChI=1S/C40H55N11O19/c1-15(44-35(66)17-4-6-18(7-5-17)42-11-19-12-43-34-29(45-19)39(70)51-40(41)50-34)3-8-24(57)48-27(32(64)30(62)22(55)13-52)37(68)47-21(10-26(60)61)36(67)49-28(33(65)31(63)23(56)14-53)38(69)46-20(16(2)54)9-25(58)59/h4-7,12,15,20-23,27-28,30-33,42,52-53,55-56,62-65H,3,8-11,13-14H2,1-2H3,(H,44,66)(H,46,69)(H,47,68)(H,48,57)(H,49,67)(H,58,59)(H,60,61)(H3,41,43,50,51,70)/t15-,20+,21+,22-,23-,27+,28+,30-,31-,32-,33-/m1/s1. The van der Waals surface area contributed by atoms with Crippen molar-refractivity contribution in [2.24, 2.45) is 0 Å². The number of rotatable bonds is 28. The van der Waals surface area contributed by atoms with Crippen LogP contribution in [0.15, 0.2) is 35.3 Å². The maximum absolute atomic E-state index is 13.7. The summed E-state index contributed by atoms with van der Waals surface area (Å²) in [5.74, 6) is -10.9. The lowest BCUT2D eigenvalue weighted by atomic mass is 9.98. The monoisotopic (exact) mass is 993 g/mol. The van der Waals surface area contributed by atoms with Crippen molar-refractivity contribution in [3.63, 3.8) is 0 Å². The van der Waals surface area contributed by atoms with Crippen LogP contribution in [-0.2, 0) is 40.1 Å². The number of Topliss-reactive ketones (excluding diaryl/α,β-unsaturated/α-hetero) is 1. The molecule has 0 unspecified atom stereocenters. The van der Waals surface area contributed by atoms with Crippen LogP contribution in [0.5, 0.6) is 0 Å². The molecule has 0 saturated heterocycles. The number of hydrogen-bond donors (Lipinski definition) is 18. The van der Waals surface area contributed by atoms with Gasteiger partial charge in [-0.2, -0.15) is 4.98 Å². The number of carboxylic acid groups (broad SMARTS) is 2. The summed E-state index contributed by atoms with van der Waals surface area (Å²) in [4.78, 5) is 129. The number of aliphatic carboxylic acids is 2. The molecule has 0 radical (unpaired) electrons. The first-order valence-corrected chi connectivity index (χ1v) is 21.0. The Morgan fingerprint density at radius 2 is 1.23 bits per heavy atom. The van der Waals surface area contributed by atoms with Crippen LogP contribution in [0.2, 0.25) is 0 Å². The molecule has 0 aliphatic rings. The van der Waals surface area contributed by atoms with Gasteiger partial charge >= 0.3 is 11.9 Å². The zero-order valence-corrected chi connectivity index (χ0v) is 37.3. The van der Waals surface area contributed by atoms with Gasteiger partial charge in [-0.1, -0.05) is 0 Å². The number of carbonyl (C=O) groups excluding carboxylic acids is 6. The third-order valence-electron chi connectivity index (χ3n) is 10.2. The number of carboxylic acids is 2. The molecule has 0 fully saturated rings. The maximum Gasteiger partial charge on any atom is 0.305 e. The Morgan fingerprint density at radius 1 is 0.700 bits per heavy atom. The van der Waals surface area contributed by atoms with Gasteiger partial charge in [0.05, 0.1) is 50.5 Å². The van der Waals surface area contributed by atoms with Gasteiger partial charge in [-0.25, -0.2) is 9.97 Å². The fourth-order valence-electron chi connectivity index (χ4n) is 6.27. The Labute approximate surface area is 394 Å². The predicted molar refractivity (Wildman–Crippen MR) is 235 cm³/mol. The Kier molecular flexibility index (Phi) is 21.5. The number of nitrogens with two attached hydrogens (primary N) is 1. The zero-order valence-electron chi connectivity index (χ0n) is 37.3. The summed E-state index contributed by atoms with van der Waals surface area (Å²) >= 11 is 0. The molecule has 3 rings (SSSR count). The normalized spacial score (nSPS) is 16.0. The first kappa shape index (κ1) is 57.0. The van der Waals surface area contributed by atoms with E-state index in [4.69, 9.17) is 10.8 Å². The second kappa shape index (κ2) is 26.4. The van der Waals surface area contributed by atoms with Crippen molar-refractivity contribution in [1.82, 2.24) is 46.5 Å². The van der Waals surface area contributed by atoms with Crippen molar-refractivity contribution in [3.05, 3.63) is 52.1 Å². The number of aliphatic hydroxyl groups excluding tert-OH is 8. The number of aromatic nitrogens is 4. The molecule has 3 aromatic rings. The summed E-state index contributed by atoms with van der Waals surface area (Å²) < 4.78 is 0. The molecule has 5 amide bonds. The highest BCUT2D eigenvalue weighted by Crippen LogP contribution is 2.14. The lowest BCUT2D eigenvalue weighted by Crippen LogP contribution is -2.64. The minimum atomic E-state index is -2.58. The second-order valence-electron chi connectivity index (χ2n) is 15.8. The minimum absolute atomic E-state index is 0.0165. The molecule has 384 valence electrons. The molecular weight excluding hydrogens is 938 g/mol. The number of amides is 5. The van der Waals surface area contributed by atoms with Gasteiger partial charge in [-0.05, 0) is 44.5 Å². The van der Waals surface area contributed by atoms with E-state index in [0.717, 1.165) is 6.92 Å². The number of fused-ring (bicyclic) bond motifs is 1. The SMILES string of the molecule is CC(=O)[C@H](CC(=O)O)NC(=O)[C@@H](NC(=O)[C@H](CC(=O)O)NC(=O)[C@@H](NC(=O)CC[C@@H](C)NC(=O)c1ccc(NCc2cnc3nc(N)[nH]c(=O)c3n2)cc1)[C@@H](O)[C@H](O)[C@H](O)CO)[C@@H](O)[C@H](O)[C@H](O)CO. The van der Waals surface area contributed by atoms with E-state index >= 15 is 0 Å².